The van der Waals surface area contributed by atoms with Crippen molar-refractivity contribution in [3.05, 3.63) is 67.8 Å². The van der Waals surface area contributed by atoms with Gasteiger partial charge < -0.3 is 10.3 Å². The molecular weight excluding hydrogens is 327 g/mol. The zero-order chi connectivity index (χ0) is 14.9. The molecule has 0 bridgehead atoms. The van der Waals surface area contributed by atoms with E-state index in [1.54, 1.807) is 12.1 Å². The molecule has 0 spiro atoms. The van der Waals surface area contributed by atoms with E-state index in [0.717, 1.165) is 0 Å². The quantitative estimate of drug-likeness (QED) is 0.929. The number of pyridine rings is 1. The van der Waals surface area contributed by atoms with E-state index in [9.17, 15) is 14.0 Å². The number of amides is 1. The number of primary amides is 1. The topological polar surface area (TPSA) is 65.1 Å². The number of halogens is 2. The average Bonchev–Trinajstić information content (AvgIpc) is 2.36. The first-order valence-electron chi connectivity index (χ1n) is 5.82. The Hall–Kier alpha value is -1.95. The minimum absolute atomic E-state index is 0.132. The number of carbonyl (C=O) groups is 1. The van der Waals surface area contributed by atoms with Crippen molar-refractivity contribution < 1.29 is 9.18 Å². The summed E-state index contributed by atoms with van der Waals surface area (Å²) in [6.45, 7) is 0. The highest BCUT2D eigenvalue weighted by Gasteiger charge is 2.13. The van der Waals surface area contributed by atoms with Gasteiger partial charge in [-0.1, -0.05) is 22.0 Å². The van der Waals surface area contributed by atoms with Crippen molar-refractivity contribution in [2.75, 3.05) is 0 Å². The van der Waals surface area contributed by atoms with Gasteiger partial charge in [0.15, 0.2) is 0 Å². The smallest absolute Gasteiger partial charge is 0.250 e. The van der Waals surface area contributed by atoms with Crippen molar-refractivity contribution in [1.82, 2.24) is 4.57 Å². The Morgan fingerprint density at radius 2 is 2.05 bits per heavy atom. The zero-order valence-electron chi connectivity index (χ0n) is 10.7. The molecule has 104 valence electrons. The molecule has 0 atom stereocenters. The van der Waals surface area contributed by atoms with Crippen LogP contribution in [-0.2, 0) is 13.5 Å². The molecule has 0 unspecified atom stereocenters. The second-order valence-electron chi connectivity index (χ2n) is 4.44. The van der Waals surface area contributed by atoms with Crippen molar-refractivity contribution in [3.8, 4) is 0 Å². The maximum Gasteiger partial charge on any atom is 0.250 e. The van der Waals surface area contributed by atoms with Crippen LogP contribution in [-0.4, -0.2) is 10.5 Å². The SMILES string of the molecule is Cn1cc(C(N)=O)c(Cc2ccc(Br)cc2F)cc1=O. The Kier molecular flexibility index (Phi) is 4.04. The second-order valence-corrected chi connectivity index (χ2v) is 5.35. The summed E-state index contributed by atoms with van der Waals surface area (Å²) in [6.07, 6.45) is 1.50. The van der Waals surface area contributed by atoms with Gasteiger partial charge in [-0.2, -0.15) is 0 Å². The maximum absolute atomic E-state index is 13.8. The highest BCUT2D eigenvalue weighted by molar-refractivity contribution is 9.10. The van der Waals surface area contributed by atoms with Crippen LogP contribution in [0, 0.1) is 5.82 Å². The summed E-state index contributed by atoms with van der Waals surface area (Å²) in [5, 5.41) is 0. The Bertz CT molecular complexity index is 740. The molecule has 6 heteroatoms. The van der Waals surface area contributed by atoms with Crippen LogP contribution in [0.3, 0.4) is 0 Å². The summed E-state index contributed by atoms with van der Waals surface area (Å²) in [7, 11) is 1.53. The molecule has 2 N–H and O–H groups in total. The normalized spacial score (nSPS) is 10.6. The van der Waals surface area contributed by atoms with Crippen molar-refractivity contribution in [2.24, 2.45) is 12.8 Å². The molecule has 0 aliphatic heterocycles. The van der Waals surface area contributed by atoms with Gasteiger partial charge in [-0.3, -0.25) is 9.59 Å². The van der Waals surface area contributed by atoms with E-state index in [0.29, 0.717) is 15.6 Å². The lowest BCUT2D eigenvalue weighted by atomic mass is 10.0. The Morgan fingerprint density at radius 1 is 1.35 bits per heavy atom. The minimum atomic E-state index is -0.645. The fourth-order valence-corrected chi connectivity index (χ4v) is 2.24. The van der Waals surface area contributed by atoms with Gasteiger partial charge >= 0.3 is 0 Å². The summed E-state index contributed by atoms with van der Waals surface area (Å²) < 4.78 is 15.7. The van der Waals surface area contributed by atoms with Crippen LogP contribution in [0.15, 0.2) is 39.7 Å². The molecule has 4 nitrogen and oxygen atoms in total. The van der Waals surface area contributed by atoms with E-state index in [2.05, 4.69) is 15.9 Å². The predicted octanol–water partition coefficient (Wildman–Crippen LogP) is 1.98. The molecule has 0 saturated carbocycles. The molecular formula is C14H12BrFN2O2. The average molecular weight is 339 g/mol. The molecule has 0 radical (unpaired) electrons. The summed E-state index contributed by atoms with van der Waals surface area (Å²) in [5.74, 6) is -1.05. The summed E-state index contributed by atoms with van der Waals surface area (Å²) in [5.41, 5.74) is 6.05. The standard InChI is InChI=1S/C14H12BrFN2O2/c1-18-7-11(14(17)20)9(5-13(18)19)4-8-2-3-10(15)6-12(8)16/h2-3,5-7H,4H2,1H3,(H2,17,20). The van der Waals surface area contributed by atoms with Crippen LogP contribution in [0.1, 0.15) is 21.5 Å². The van der Waals surface area contributed by atoms with Crippen LogP contribution in [0.2, 0.25) is 0 Å². The largest absolute Gasteiger partial charge is 0.366 e. The molecule has 0 saturated heterocycles. The number of aromatic nitrogens is 1. The van der Waals surface area contributed by atoms with E-state index in [1.165, 1.54) is 29.9 Å². The highest BCUT2D eigenvalue weighted by atomic mass is 79.9. The number of hydrogen-bond donors (Lipinski definition) is 1. The molecule has 2 rings (SSSR count). The van der Waals surface area contributed by atoms with Gasteiger partial charge in [0.1, 0.15) is 5.82 Å². The van der Waals surface area contributed by atoms with Crippen molar-refractivity contribution in [2.45, 2.75) is 6.42 Å². The van der Waals surface area contributed by atoms with Crippen molar-refractivity contribution in [1.29, 1.82) is 0 Å². The molecule has 2 aromatic rings. The van der Waals surface area contributed by atoms with Crippen LogP contribution in [0.4, 0.5) is 4.39 Å². The first-order valence-corrected chi connectivity index (χ1v) is 6.61. The lowest BCUT2D eigenvalue weighted by molar-refractivity contribution is 0.0998. The third kappa shape index (κ3) is 2.96. The lowest BCUT2D eigenvalue weighted by Gasteiger charge is -2.09. The van der Waals surface area contributed by atoms with Gasteiger partial charge in [0.2, 0.25) is 5.91 Å². The molecule has 1 aromatic carbocycles. The van der Waals surface area contributed by atoms with Gasteiger partial charge in [0, 0.05) is 30.2 Å². The Balaban J connectivity index is 2.50. The van der Waals surface area contributed by atoms with Crippen LogP contribution < -0.4 is 11.3 Å². The number of rotatable bonds is 3. The molecule has 20 heavy (non-hydrogen) atoms. The number of carbonyl (C=O) groups excluding carboxylic acids is 1. The first kappa shape index (κ1) is 14.5. The van der Waals surface area contributed by atoms with E-state index < -0.39 is 11.7 Å². The first-order chi connectivity index (χ1) is 9.38. The van der Waals surface area contributed by atoms with E-state index >= 15 is 0 Å². The van der Waals surface area contributed by atoms with Crippen LogP contribution in [0.25, 0.3) is 0 Å². The fourth-order valence-electron chi connectivity index (χ4n) is 1.91. The molecule has 0 fully saturated rings. The van der Waals surface area contributed by atoms with Crippen molar-refractivity contribution >= 4 is 21.8 Å². The number of benzene rings is 1. The Labute approximate surface area is 123 Å². The monoisotopic (exact) mass is 338 g/mol. The van der Waals surface area contributed by atoms with Gasteiger partial charge in [-0.15, -0.1) is 0 Å². The summed E-state index contributed by atoms with van der Waals surface area (Å²) in [4.78, 5) is 23.1. The molecule has 1 amide bonds. The maximum atomic E-state index is 13.8. The third-order valence-corrected chi connectivity index (χ3v) is 3.47. The van der Waals surface area contributed by atoms with Gasteiger partial charge in [-0.05, 0) is 23.3 Å². The molecule has 1 aromatic heterocycles. The number of aryl methyl sites for hydroxylation is 1. The molecule has 0 aliphatic carbocycles. The second kappa shape index (κ2) is 5.58. The minimum Gasteiger partial charge on any atom is -0.366 e. The van der Waals surface area contributed by atoms with E-state index in [1.807, 2.05) is 0 Å². The van der Waals surface area contributed by atoms with Crippen LogP contribution in [0.5, 0.6) is 0 Å². The van der Waals surface area contributed by atoms with Crippen molar-refractivity contribution in [3.63, 3.8) is 0 Å². The lowest BCUT2D eigenvalue weighted by Crippen LogP contribution is -2.23. The zero-order valence-corrected chi connectivity index (χ0v) is 12.3. The highest BCUT2D eigenvalue weighted by Crippen LogP contribution is 2.19. The summed E-state index contributed by atoms with van der Waals surface area (Å²) in [6, 6.07) is 5.94. The summed E-state index contributed by atoms with van der Waals surface area (Å²) >= 11 is 3.17. The molecule has 0 aliphatic rings. The third-order valence-electron chi connectivity index (χ3n) is 2.98. The van der Waals surface area contributed by atoms with Gasteiger partial charge in [0.25, 0.3) is 5.56 Å². The van der Waals surface area contributed by atoms with Crippen LogP contribution >= 0.6 is 15.9 Å². The van der Waals surface area contributed by atoms with Gasteiger partial charge in [0.05, 0.1) is 5.56 Å². The molecule has 1 heterocycles. The predicted molar refractivity (Wildman–Crippen MR) is 77.1 cm³/mol. The number of hydrogen-bond acceptors (Lipinski definition) is 2. The Morgan fingerprint density at radius 3 is 2.65 bits per heavy atom. The fraction of sp³-hybridized carbons (Fsp3) is 0.143. The van der Waals surface area contributed by atoms with E-state index in [-0.39, 0.29) is 17.5 Å². The number of nitrogens with zero attached hydrogens (tertiary/aromatic N) is 1. The van der Waals surface area contributed by atoms with Gasteiger partial charge in [-0.25, -0.2) is 4.39 Å². The van der Waals surface area contributed by atoms with E-state index in [4.69, 9.17) is 5.73 Å². The number of nitrogens with two attached hydrogens (primary N) is 1.